The van der Waals surface area contributed by atoms with Crippen LogP contribution in [0.15, 0.2) is 21.2 Å². The molecule has 0 unspecified atom stereocenters. The average Bonchev–Trinajstić information content (AvgIpc) is 2.34. The molecule has 0 saturated heterocycles. The molecular weight excluding hydrogens is 198 g/mol. The maximum atomic E-state index is 9.10. The highest BCUT2D eigenvalue weighted by Crippen LogP contribution is 2.19. The third kappa shape index (κ3) is 1.59. The van der Waals surface area contributed by atoms with E-state index in [9.17, 15) is 0 Å². The number of halogens is 1. The number of nitrogens with two attached hydrogens (primary N) is 1. The minimum Gasteiger partial charge on any atom is -0.452 e. The van der Waals surface area contributed by atoms with Gasteiger partial charge >= 0.3 is 0 Å². The first-order valence-electron chi connectivity index (χ1n) is 2.87. The Hall–Kier alpha value is -0.320. The van der Waals surface area contributed by atoms with Crippen LogP contribution in [-0.2, 0) is 0 Å². The van der Waals surface area contributed by atoms with Crippen LogP contribution in [-0.4, -0.2) is 11.7 Å². The molecule has 0 aliphatic heterocycles. The Bertz CT molecular complexity index is 211. The maximum Gasteiger partial charge on any atom is 0.169 e. The summed E-state index contributed by atoms with van der Waals surface area (Å²) in [6, 6.07) is 3.40. The van der Waals surface area contributed by atoms with Gasteiger partial charge in [0, 0.05) is 6.54 Å². The minimum atomic E-state index is -0.689. The van der Waals surface area contributed by atoms with Crippen molar-refractivity contribution in [2.24, 2.45) is 5.73 Å². The lowest BCUT2D eigenvalue weighted by Crippen LogP contribution is -2.10. The molecule has 3 nitrogen and oxygen atoms in total. The Morgan fingerprint density at radius 2 is 2.40 bits per heavy atom. The molecule has 1 aromatic rings. The second-order valence-electron chi connectivity index (χ2n) is 1.89. The van der Waals surface area contributed by atoms with Gasteiger partial charge in [0.1, 0.15) is 11.9 Å². The van der Waals surface area contributed by atoms with Crippen molar-refractivity contribution in [3.05, 3.63) is 22.6 Å². The van der Waals surface area contributed by atoms with Gasteiger partial charge in [0.25, 0.3) is 0 Å². The van der Waals surface area contributed by atoms with Gasteiger partial charge in [-0.15, -0.1) is 0 Å². The first kappa shape index (κ1) is 7.78. The average molecular weight is 206 g/mol. The quantitative estimate of drug-likeness (QED) is 0.759. The zero-order chi connectivity index (χ0) is 7.56. The topological polar surface area (TPSA) is 59.4 Å². The number of hydrogen-bond donors (Lipinski definition) is 2. The van der Waals surface area contributed by atoms with Crippen LogP contribution < -0.4 is 5.73 Å². The fourth-order valence-corrected chi connectivity index (χ4v) is 0.943. The molecule has 1 atom stereocenters. The highest BCUT2D eigenvalue weighted by molar-refractivity contribution is 9.10. The number of hydrogen-bond acceptors (Lipinski definition) is 3. The summed E-state index contributed by atoms with van der Waals surface area (Å²) >= 11 is 3.11. The lowest BCUT2D eigenvalue weighted by molar-refractivity contribution is 0.156. The van der Waals surface area contributed by atoms with Crippen molar-refractivity contribution in [3.8, 4) is 0 Å². The Morgan fingerprint density at radius 3 is 2.80 bits per heavy atom. The minimum absolute atomic E-state index is 0.181. The first-order chi connectivity index (χ1) is 4.74. The summed E-state index contributed by atoms with van der Waals surface area (Å²) in [5, 5.41) is 9.10. The zero-order valence-corrected chi connectivity index (χ0v) is 6.84. The number of furan rings is 1. The molecule has 0 radical (unpaired) electrons. The molecule has 0 spiro atoms. The normalized spacial score (nSPS) is 13.5. The number of aliphatic hydroxyl groups excluding tert-OH is 1. The molecule has 0 aromatic carbocycles. The van der Waals surface area contributed by atoms with Crippen molar-refractivity contribution in [1.82, 2.24) is 0 Å². The molecule has 1 aromatic heterocycles. The van der Waals surface area contributed by atoms with E-state index in [1.807, 2.05) is 0 Å². The molecule has 0 aliphatic rings. The van der Waals surface area contributed by atoms with E-state index in [1.54, 1.807) is 12.1 Å². The predicted octanol–water partition coefficient (Wildman–Crippen LogP) is 1.03. The van der Waals surface area contributed by atoms with Crippen molar-refractivity contribution in [1.29, 1.82) is 0 Å². The van der Waals surface area contributed by atoms with E-state index in [2.05, 4.69) is 15.9 Å². The lowest BCUT2D eigenvalue weighted by Gasteiger charge is -2.00. The molecule has 4 heteroatoms. The molecule has 10 heavy (non-hydrogen) atoms. The van der Waals surface area contributed by atoms with Crippen molar-refractivity contribution in [2.45, 2.75) is 6.10 Å². The molecule has 1 rings (SSSR count). The van der Waals surface area contributed by atoms with E-state index in [-0.39, 0.29) is 6.54 Å². The maximum absolute atomic E-state index is 9.10. The van der Waals surface area contributed by atoms with E-state index in [0.717, 1.165) is 0 Å². The SMILES string of the molecule is NC[C@@H](O)c1ccc(Br)o1. The summed E-state index contributed by atoms with van der Waals surface area (Å²) in [4.78, 5) is 0. The molecule has 3 N–H and O–H groups in total. The molecule has 1 heterocycles. The third-order valence-electron chi connectivity index (χ3n) is 1.15. The summed E-state index contributed by atoms with van der Waals surface area (Å²) in [5.41, 5.74) is 5.19. The molecule has 0 amide bonds. The van der Waals surface area contributed by atoms with Crippen LogP contribution >= 0.6 is 15.9 Å². The second-order valence-corrected chi connectivity index (χ2v) is 2.67. The van der Waals surface area contributed by atoms with Gasteiger partial charge in [0.15, 0.2) is 4.67 Å². The fraction of sp³-hybridized carbons (Fsp3) is 0.333. The van der Waals surface area contributed by atoms with Crippen molar-refractivity contribution < 1.29 is 9.52 Å². The highest BCUT2D eigenvalue weighted by Gasteiger charge is 2.08. The monoisotopic (exact) mass is 205 g/mol. The molecule has 0 bridgehead atoms. The standard InChI is InChI=1S/C6H8BrNO2/c7-6-2-1-5(10-6)4(9)3-8/h1-2,4,9H,3,8H2/t4-/m1/s1. The molecular formula is C6H8BrNO2. The fourth-order valence-electron chi connectivity index (χ4n) is 0.624. The summed E-state index contributed by atoms with van der Waals surface area (Å²) < 4.78 is 5.63. The Balaban J connectivity index is 2.74. The summed E-state index contributed by atoms with van der Waals surface area (Å²) in [6.45, 7) is 0.181. The largest absolute Gasteiger partial charge is 0.452 e. The number of aliphatic hydroxyl groups is 1. The third-order valence-corrected chi connectivity index (χ3v) is 1.57. The van der Waals surface area contributed by atoms with Crippen LogP contribution in [0.4, 0.5) is 0 Å². The van der Waals surface area contributed by atoms with Gasteiger partial charge in [-0.25, -0.2) is 0 Å². The van der Waals surface area contributed by atoms with Crippen LogP contribution in [0, 0.1) is 0 Å². The lowest BCUT2D eigenvalue weighted by atomic mass is 10.3. The van der Waals surface area contributed by atoms with E-state index in [4.69, 9.17) is 15.3 Å². The van der Waals surface area contributed by atoms with Crippen molar-refractivity contribution >= 4 is 15.9 Å². The van der Waals surface area contributed by atoms with Gasteiger partial charge in [-0.2, -0.15) is 0 Å². The van der Waals surface area contributed by atoms with Gasteiger partial charge in [-0.1, -0.05) is 0 Å². The van der Waals surface area contributed by atoms with Gasteiger partial charge in [0.2, 0.25) is 0 Å². The number of rotatable bonds is 2. The smallest absolute Gasteiger partial charge is 0.169 e. The summed E-state index contributed by atoms with van der Waals surface area (Å²) in [5.74, 6) is 0.495. The van der Waals surface area contributed by atoms with E-state index < -0.39 is 6.10 Å². The van der Waals surface area contributed by atoms with Crippen LogP contribution in [0.2, 0.25) is 0 Å². The van der Waals surface area contributed by atoms with Crippen molar-refractivity contribution in [2.75, 3.05) is 6.54 Å². The highest BCUT2D eigenvalue weighted by atomic mass is 79.9. The Morgan fingerprint density at radius 1 is 1.70 bits per heavy atom. The Kier molecular flexibility index (Phi) is 2.48. The van der Waals surface area contributed by atoms with Gasteiger partial charge in [-0.3, -0.25) is 0 Å². The van der Waals surface area contributed by atoms with E-state index in [1.165, 1.54) is 0 Å². The van der Waals surface area contributed by atoms with E-state index >= 15 is 0 Å². The van der Waals surface area contributed by atoms with Gasteiger partial charge in [-0.05, 0) is 28.1 Å². The van der Waals surface area contributed by atoms with Gasteiger partial charge < -0.3 is 15.3 Å². The van der Waals surface area contributed by atoms with Crippen molar-refractivity contribution in [3.63, 3.8) is 0 Å². The molecule has 0 aliphatic carbocycles. The van der Waals surface area contributed by atoms with E-state index in [0.29, 0.717) is 10.4 Å². The zero-order valence-electron chi connectivity index (χ0n) is 5.25. The second kappa shape index (κ2) is 3.18. The first-order valence-corrected chi connectivity index (χ1v) is 3.66. The van der Waals surface area contributed by atoms with Crippen LogP contribution in [0.3, 0.4) is 0 Å². The van der Waals surface area contributed by atoms with Gasteiger partial charge in [0.05, 0.1) is 0 Å². The van der Waals surface area contributed by atoms with Crippen LogP contribution in [0.5, 0.6) is 0 Å². The predicted molar refractivity (Wildman–Crippen MR) is 40.4 cm³/mol. The van der Waals surface area contributed by atoms with Crippen LogP contribution in [0.25, 0.3) is 0 Å². The Labute approximate surface area is 67.0 Å². The van der Waals surface area contributed by atoms with Crippen LogP contribution in [0.1, 0.15) is 11.9 Å². The molecule has 56 valence electrons. The summed E-state index contributed by atoms with van der Waals surface area (Å²) in [7, 11) is 0. The molecule has 0 saturated carbocycles. The molecule has 0 fully saturated rings. The summed E-state index contributed by atoms with van der Waals surface area (Å²) in [6.07, 6.45) is -0.689.